The van der Waals surface area contributed by atoms with E-state index in [0.717, 1.165) is 4.90 Å². The number of hydrogen-bond donors (Lipinski definition) is 2. The van der Waals surface area contributed by atoms with Crippen molar-refractivity contribution in [2.24, 2.45) is 5.92 Å². The number of amides is 1. The summed E-state index contributed by atoms with van der Waals surface area (Å²) in [6.07, 6.45) is -0.904. The molecule has 2 unspecified atom stereocenters. The van der Waals surface area contributed by atoms with Gasteiger partial charge in [0.25, 0.3) is 0 Å². The van der Waals surface area contributed by atoms with Crippen LogP contribution < -0.4 is 0 Å². The molecule has 7 nitrogen and oxygen atoms in total. The number of aliphatic hydroxyl groups is 1. The summed E-state index contributed by atoms with van der Waals surface area (Å²) in [5.41, 5.74) is 0. The van der Waals surface area contributed by atoms with Crippen LogP contribution in [0.1, 0.15) is 20.3 Å². The van der Waals surface area contributed by atoms with Crippen molar-refractivity contribution in [2.45, 2.75) is 32.4 Å². The van der Waals surface area contributed by atoms with Crippen molar-refractivity contribution in [1.82, 2.24) is 4.90 Å². The van der Waals surface area contributed by atoms with Gasteiger partial charge in [-0.3, -0.25) is 9.59 Å². The highest BCUT2D eigenvalue weighted by Gasteiger charge is 2.43. The topological polar surface area (TPSA) is 104 Å². The Bertz CT molecular complexity index is 355. The monoisotopic (exact) mass is 259 g/mol. The molecule has 0 aromatic rings. The number of aliphatic hydroxyl groups excluding tert-OH is 1. The highest BCUT2D eigenvalue weighted by molar-refractivity contribution is 5.99. The van der Waals surface area contributed by atoms with Crippen molar-refractivity contribution in [1.29, 1.82) is 0 Å². The molecule has 1 heterocycles. The summed E-state index contributed by atoms with van der Waals surface area (Å²) in [6.45, 7) is 3.26. The maximum atomic E-state index is 12.0. The van der Waals surface area contributed by atoms with Crippen LogP contribution in [0.5, 0.6) is 0 Å². The second kappa shape index (κ2) is 5.81. The Kier molecular flexibility index (Phi) is 4.66. The van der Waals surface area contributed by atoms with E-state index in [9.17, 15) is 19.5 Å². The van der Waals surface area contributed by atoms with E-state index in [4.69, 9.17) is 9.84 Å². The molecule has 2 N–H and O–H groups in total. The smallest absolute Gasteiger partial charge is 0.329 e. The minimum Gasteiger partial charge on any atom is -0.480 e. The molecule has 18 heavy (non-hydrogen) atoms. The van der Waals surface area contributed by atoms with E-state index in [1.165, 1.54) is 6.92 Å². The van der Waals surface area contributed by atoms with Gasteiger partial charge < -0.3 is 19.8 Å². The zero-order valence-electron chi connectivity index (χ0n) is 10.3. The molecule has 7 heteroatoms. The van der Waals surface area contributed by atoms with Crippen molar-refractivity contribution in [3.8, 4) is 0 Å². The Morgan fingerprint density at radius 2 is 2.06 bits per heavy atom. The van der Waals surface area contributed by atoms with E-state index in [1.54, 1.807) is 6.92 Å². The van der Waals surface area contributed by atoms with Crippen LogP contribution in [0.25, 0.3) is 0 Å². The summed E-state index contributed by atoms with van der Waals surface area (Å²) in [7, 11) is 0. The van der Waals surface area contributed by atoms with Crippen LogP contribution in [0.4, 0.5) is 0 Å². The molecule has 1 aliphatic rings. The van der Waals surface area contributed by atoms with Crippen LogP contribution in [-0.4, -0.2) is 58.3 Å². The second-order valence-electron chi connectivity index (χ2n) is 4.14. The van der Waals surface area contributed by atoms with Crippen LogP contribution in [0.2, 0.25) is 0 Å². The molecule has 1 aliphatic heterocycles. The van der Waals surface area contributed by atoms with Gasteiger partial charge in [0.15, 0.2) is 6.04 Å². The SMILES string of the molecule is CCOC(=O)C(C)C(=O)N1CCC(O)[C@H]1C(=O)O. The molecule has 0 radical (unpaired) electrons. The molecule has 3 atom stereocenters. The second-order valence-corrected chi connectivity index (χ2v) is 4.14. The summed E-state index contributed by atoms with van der Waals surface area (Å²) < 4.78 is 4.71. The molecular weight excluding hydrogens is 242 g/mol. The third-order valence-corrected chi connectivity index (χ3v) is 2.91. The Labute approximate surface area is 104 Å². The fourth-order valence-corrected chi connectivity index (χ4v) is 1.94. The van der Waals surface area contributed by atoms with Crippen LogP contribution in [-0.2, 0) is 19.1 Å². The average molecular weight is 259 g/mol. The Morgan fingerprint density at radius 3 is 2.56 bits per heavy atom. The number of carbonyl (C=O) groups excluding carboxylic acids is 2. The maximum Gasteiger partial charge on any atom is 0.329 e. The van der Waals surface area contributed by atoms with Gasteiger partial charge in [0, 0.05) is 6.54 Å². The number of nitrogens with zero attached hydrogens (tertiary/aromatic N) is 1. The van der Waals surface area contributed by atoms with Gasteiger partial charge in [0.05, 0.1) is 12.7 Å². The molecule has 1 amide bonds. The van der Waals surface area contributed by atoms with Gasteiger partial charge in [0.1, 0.15) is 5.92 Å². The molecule has 0 spiro atoms. The van der Waals surface area contributed by atoms with Crippen molar-refractivity contribution in [3.05, 3.63) is 0 Å². The number of likely N-dealkylation sites (tertiary alicyclic amines) is 1. The van der Waals surface area contributed by atoms with Gasteiger partial charge in [-0.1, -0.05) is 0 Å². The van der Waals surface area contributed by atoms with E-state index in [2.05, 4.69) is 0 Å². The van der Waals surface area contributed by atoms with Crippen LogP contribution in [0, 0.1) is 5.92 Å². The molecule has 1 fully saturated rings. The number of ether oxygens (including phenoxy) is 1. The van der Waals surface area contributed by atoms with Crippen LogP contribution in [0.3, 0.4) is 0 Å². The third kappa shape index (κ3) is 2.79. The van der Waals surface area contributed by atoms with E-state index in [-0.39, 0.29) is 19.6 Å². The van der Waals surface area contributed by atoms with Crippen molar-refractivity contribution in [2.75, 3.05) is 13.2 Å². The molecule has 1 rings (SSSR count). The first kappa shape index (κ1) is 14.4. The summed E-state index contributed by atoms with van der Waals surface area (Å²) in [5, 5.41) is 18.5. The average Bonchev–Trinajstić information content (AvgIpc) is 2.69. The largest absolute Gasteiger partial charge is 0.480 e. The molecule has 0 aromatic carbocycles. The number of carbonyl (C=O) groups is 3. The fourth-order valence-electron chi connectivity index (χ4n) is 1.94. The number of esters is 1. The number of hydrogen-bond acceptors (Lipinski definition) is 5. The van der Waals surface area contributed by atoms with Crippen molar-refractivity contribution < 1.29 is 29.3 Å². The van der Waals surface area contributed by atoms with Gasteiger partial charge in [-0.25, -0.2) is 4.79 Å². The van der Waals surface area contributed by atoms with Crippen molar-refractivity contribution >= 4 is 17.8 Å². The van der Waals surface area contributed by atoms with Crippen LogP contribution >= 0.6 is 0 Å². The lowest BCUT2D eigenvalue weighted by Crippen LogP contribution is -2.48. The number of rotatable bonds is 4. The van der Waals surface area contributed by atoms with Gasteiger partial charge in [0.2, 0.25) is 5.91 Å². The molecule has 1 saturated heterocycles. The van der Waals surface area contributed by atoms with E-state index in [0.29, 0.717) is 0 Å². The molecule has 0 bridgehead atoms. The zero-order chi connectivity index (χ0) is 13.9. The lowest BCUT2D eigenvalue weighted by atomic mass is 10.1. The Morgan fingerprint density at radius 1 is 1.44 bits per heavy atom. The first-order valence-electron chi connectivity index (χ1n) is 5.78. The lowest BCUT2D eigenvalue weighted by Gasteiger charge is -2.24. The standard InChI is InChI=1S/C11H17NO6/c1-3-18-11(17)6(2)9(14)12-5-4-7(13)8(12)10(15)16/h6-8,13H,3-5H2,1-2H3,(H,15,16)/t6?,7?,8-/m0/s1. The highest BCUT2D eigenvalue weighted by atomic mass is 16.5. The Balaban J connectivity index is 2.77. The minimum atomic E-state index is -1.28. The third-order valence-electron chi connectivity index (χ3n) is 2.91. The first-order chi connectivity index (χ1) is 8.40. The van der Waals surface area contributed by atoms with E-state index in [1.807, 2.05) is 0 Å². The fraction of sp³-hybridized carbons (Fsp3) is 0.727. The summed E-state index contributed by atoms with van der Waals surface area (Å²) in [5.74, 6) is -3.65. The molecule has 0 aromatic heterocycles. The summed E-state index contributed by atoms with van der Waals surface area (Å²) >= 11 is 0. The highest BCUT2D eigenvalue weighted by Crippen LogP contribution is 2.21. The number of aliphatic carboxylic acids is 1. The van der Waals surface area contributed by atoms with E-state index >= 15 is 0 Å². The molecule has 0 saturated carbocycles. The number of carboxylic acid groups (broad SMARTS) is 1. The van der Waals surface area contributed by atoms with Gasteiger partial charge in [-0.2, -0.15) is 0 Å². The normalized spacial score (nSPS) is 24.7. The minimum absolute atomic E-state index is 0.126. The lowest BCUT2D eigenvalue weighted by molar-refractivity contribution is -0.160. The number of carboxylic acids is 1. The van der Waals surface area contributed by atoms with Gasteiger partial charge in [-0.15, -0.1) is 0 Å². The van der Waals surface area contributed by atoms with Crippen LogP contribution in [0.15, 0.2) is 0 Å². The first-order valence-corrected chi connectivity index (χ1v) is 5.78. The summed E-state index contributed by atoms with van der Waals surface area (Å²) in [4.78, 5) is 35.4. The Hall–Kier alpha value is -1.63. The quantitative estimate of drug-likeness (QED) is 0.507. The molecule has 0 aliphatic carbocycles. The maximum absolute atomic E-state index is 12.0. The van der Waals surface area contributed by atoms with Crippen molar-refractivity contribution in [3.63, 3.8) is 0 Å². The predicted molar refractivity (Wildman–Crippen MR) is 59.6 cm³/mol. The molecular formula is C11H17NO6. The predicted octanol–water partition coefficient (Wildman–Crippen LogP) is -0.768. The van der Waals surface area contributed by atoms with E-state index < -0.39 is 35.9 Å². The van der Waals surface area contributed by atoms with Gasteiger partial charge in [-0.05, 0) is 20.3 Å². The summed E-state index contributed by atoms with van der Waals surface area (Å²) in [6, 6.07) is -1.28. The van der Waals surface area contributed by atoms with Gasteiger partial charge >= 0.3 is 11.9 Å². The zero-order valence-corrected chi connectivity index (χ0v) is 10.3. The molecule has 102 valence electrons.